The molecule has 0 radical (unpaired) electrons. The zero-order valence-corrected chi connectivity index (χ0v) is 40.1. The summed E-state index contributed by atoms with van der Waals surface area (Å²) in [5.41, 5.74) is 14.1. The number of rotatable bonds is 7. The minimum atomic E-state index is 0.600. The zero-order valence-electron chi connectivity index (χ0n) is 40.1. The molecule has 0 aliphatic rings. The molecule has 12 aromatic carbocycles. The first kappa shape index (κ1) is 41.8. The van der Waals surface area contributed by atoms with Gasteiger partial charge in [0.2, 0.25) is 0 Å². The molecule has 0 aliphatic carbocycles. The van der Waals surface area contributed by atoms with E-state index < -0.39 is 0 Å². The van der Waals surface area contributed by atoms with Gasteiger partial charge in [0.05, 0.1) is 22.1 Å². The first-order chi connectivity index (χ1) is 36.7. The summed E-state index contributed by atoms with van der Waals surface area (Å²) in [4.78, 5) is 16.1. The van der Waals surface area contributed by atoms with Gasteiger partial charge in [0.1, 0.15) is 0 Å². The molecule has 0 N–H and O–H groups in total. The molecule has 0 unspecified atom stereocenters. The molecule has 15 aromatic rings. The molecule has 3 aromatic heterocycles. The maximum Gasteiger partial charge on any atom is 0.164 e. The van der Waals surface area contributed by atoms with Gasteiger partial charge in [0.25, 0.3) is 0 Å². The number of fused-ring (bicyclic) bond motifs is 12. The van der Waals surface area contributed by atoms with E-state index in [1.165, 1.54) is 70.6 Å². The predicted molar refractivity (Wildman–Crippen MR) is 308 cm³/mol. The Bertz CT molecular complexity index is 4690. The van der Waals surface area contributed by atoms with Crippen molar-refractivity contribution >= 4 is 75.9 Å². The quantitative estimate of drug-likeness (QED) is 0.150. The van der Waals surface area contributed by atoms with E-state index in [1.54, 1.807) is 0 Å². The maximum atomic E-state index is 5.38. The van der Waals surface area contributed by atoms with E-state index in [2.05, 4.69) is 270 Å². The molecule has 0 spiro atoms. The molecule has 0 amide bonds. The lowest BCUT2D eigenvalue weighted by atomic mass is 9.93. The molecule has 3 heterocycles. The van der Waals surface area contributed by atoms with E-state index in [-0.39, 0.29) is 0 Å². The van der Waals surface area contributed by atoms with E-state index in [0.717, 1.165) is 55.6 Å². The fourth-order valence-electron chi connectivity index (χ4n) is 11.5. The van der Waals surface area contributed by atoms with Gasteiger partial charge in [-0.2, -0.15) is 0 Å². The SMILES string of the molecule is c1ccc(-c2ccc3c(c2)c2ccccc2n3-c2cccc(-c3nc(-c4cccc(-c5ccc6c(c5)c5ccccc5n6-c5ccccc5)c4)nc(-c4ccc5c6ccccc6c6ccccc6c5c4)n3)c2)cc1. The predicted octanol–water partition coefficient (Wildman–Crippen LogP) is 17.9. The molecule has 0 atom stereocenters. The van der Waals surface area contributed by atoms with Crippen molar-refractivity contribution in [2.75, 3.05) is 0 Å². The Morgan fingerprint density at radius 1 is 0.189 bits per heavy atom. The normalized spacial score (nSPS) is 11.8. The second-order valence-corrected chi connectivity index (χ2v) is 19.2. The van der Waals surface area contributed by atoms with Gasteiger partial charge in [-0.3, -0.25) is 0 Å². The van der Waals surface area contributed by atoms with Gasteiger partial charge < -0.3 is 9.13 Å². The van der Waals surface area contributed by atoms with Crippen LogP contribution >= 0.6 is 0 Å². The third-order valence-corrected chi connectivity index (χ3v) is 14.9. The highest BCUT2D eigenvalue weighted by molar-refractivity contribution is 6.25. The molecular formula is C69H43N5. The van der Waals surface area contributed by atoms with E-state index >= 15 is 0 Å². The maximum absolute atomic E-state index is 5.38. The molecule has 344 valence electrons. The van der Waals surface area contributed by atoms with Crippen LogP contribution < -0.4 is 0 Å². The molecule has 15 rings (SSSR count). The van der Waals surface area contributed by atoms with Gasteiger partial charge >= 0.3 is 0 Å². The van der Waals surface area contributed by atoms with Crippen LogP contribution in [0, 0.1) is 0 Å². The van der Waals surface area contributed by atoms with Crippen molar-refractivity contribution in [1.82, 2.24) is 24.1 Å². The summed E-state index contributed by atoms with van der Waals surface area (Å²) >= 11 is 0. The van der Waals surface area contributed by atoms with Crippen molar-refractivity contribution in [3.05, 3.63) is 261 Å². The average molecular weight is 942 g/mol. The lowest BCUT2D eigenvalue weighted by Gasteiger charge is -2.13. The van der Waals surface area contributed by atoms with Crippen LogP contribution in [0.1, 0.15) is 0 Å². The number of para-hydroxylation sites is 3. The Morgan fingerprint density at radius 3 is 1.14 bits per heavy atom. The number of hydrogen-bond donors (Lipinski definition) is 0. The Kier molecular flexibility index (Phi) is 9.50. The summed E-state index contributed by atoms with van der Waals surface area (Å²) in [6, 6.07) is 93.5. The van der Waals surface area contributed by atoms with Crippen LogP contribution in [0.15, 0.2) is 261 Å². The Balaban J connectivity index is 0.905. The number of benzene rings is 12. The molecule has 0 saturated heterocycles. The van der Waals surface area contributed by atoms with Crippen molar-refractivity contribution in [2.45, 2.75) is 0 Å². The van der Waals surface area contributed by atoms with E-state index in [1.807, 2.05) is 0 Å². The van der Waals surface area contributed by atoms with Crippen LogP contribution in [0.4, 0.5) is 0 Å². The topological polar surface area (TPSA) is 48.5 Å². The van der Waals surface area contributed by atoms with Crippen LogP contribution in [-0.2, 0) is 0 Å². The summed E-state index contributed by atoms with van der Waals surface area (Å²) in [7, 11) is 0. The average Bonchev–Trinajstić information content (AvgIpc) is 4.00. The van der Waals surface area contributed by atoms with Crippen LogP contribution in [0.3, 0.4) is 0 Å². The third kappa shape index (κ3) is 6.75. The summed E-state index contributed by atoms with van der Waals surface area (Å²) in [6.45, 7) is 0. The smallest absolute Gasteiger partial charge is 0.164 e. The van der Waals surface area contributed by atoms with E-state index in [0.29, 0.717) is 17.5 Å². The summed E-state index contributed by atoms with van der Waals surface area (Å²) in [6.07, 6.45) is 0. The van der Waals surface area contributed by atoms with Gasteiger partial charge in [0, 0.05) is 49.6 Å². The molecule has 0 aliphatic heterocycles. The molecule has 0 bridgehead atoms. The third-order valence-electron chi connectivity index (χ3n) is 14.9. The van der Waals surface area contributed by atoms with Gasteiger partial charge in [-0.05, 0) is 127 Å². The number of hydrogen-bond acceptors (Lipinski definition) is 3. The number of nitrogens with zero attached hydrogens (tertiary/aromatic N) is 5. The highest BCUT2D eigenvalue weighted by Gasteiger charge is 2.19. The van der Waals surface area contributed by atoms with E-state index in [9.17, 15) is 0 Å². The first-order valence-corrected chi connectivity index (χ1v) is 25.2. The van der Waals surface area contributed by atoms with Gasteiger partial charge in [0.15, 0.2) is 17.5 Å². The van der Waals surface area contributed by atoms with Gasteiger partial charge in [-0.15, -0.1) is 0 Å². The van der Waals surface area contributed by atoms with Crippen LogP contribution in [0.5, 0.6) is 0 Å². The van der Waals surface area contributed by atoms with Crippen molar-refractivity contribution in [3.8, 4) is 67.8 Å². The van der Waals surface area contributed by atoms with Crippen molar-refractivity contribution in [1.29, 1.82) is 0 Å². The standard InChI is InChI=1S/C69H43N5/c1-3-17-44(18-4-1)46-34-37-66-61(41-46)59-30-12-14-32-64(59)74(66)52-24-16-21-49(40-52)68-70-67(71-69(72-68)50-33-36-57-55-27-8-7-25-53(55)54-26-9-10-28-56(54)60(57)43-50)48-20-15-19-45(39-48)47-35-38-65-62(42-47)58-29-11-13-31-63(58)73(65)51-22-5-2-6-23-51/h1-43H. The molecule has 0 saturated carbocycles. The monoisotopic (exact) mass is 941 g/mol. The van der Waals surface area contributed by atoms with Crippen LogP contribution in [0.25, 0.3) is 144 Å². The summed E-state index contributed by atoms with van der Waals surface area (Å²) in [5.74, 6) is 1.82. The van der Waals surface area contributed by atoms with Crippen molar-refractivity contribution in [3.63, 3.8) is 0 Å². The Morgan fingerprint density at radius 2 is 0.541 bits per heavy atom. The van der Waals surface area contributed by atoms with Gasteiger partial charge in [-0.1, -0.05) is 188 Å². The molecule has 74 heavy (non-hydrogen) atoms. The lowest BCUT2D eigenvalue weighted by Crippen LogP contribution is -2.01. The lowest BCUT2D eigenvalue weighted by molar-refractivity contribution is 1.07. The van der Waals surface area contributed by atoms with Crippen LogP contribution in [-0.4, -0.2) is 24.1 Å². The fraction of sp³-hybridized carbons (Fsp3) is 0. The highest BCUT2D eigenvalue weighted by atomic mass is 15.0. The first-order valence-electron chi connectivity index (χ1n) is 25.2. The minimum absolute atomic E-state index is 0.600. The Labute approximate surface area is 426 Å². The van der Waals surface area contributed by atoms with E-state index in [4.69, 9.17) is 15.0 Å². The largest absolute Gasteiger partial charge is 0.309 e. The fourth-order valence-corrected chi connectivity index (χ4v) is 11.5. The molecule has 5 nitrogen and oxygen atoms in total. The summed E-state index contributed by atoms with van der Waals surface area (Å²) in [5, 5.41) is 12.1. The zero-order chi connectivity index (χ0) is 48.7. The van der Waals surface area contributed by atoms with Gasteiger partial charge in [-0.25, -0.2) is 15.0 Å². The van der Waals surface area contributed by atoms with Crippen molar-refractivity contribution in [2.24, 2.45) is 0 Å². The van der Waals surface area contributed by atoms with Crippen molar-refractivity contribution < 1.29 is 0 Å². The second-order valence-electron chi connectivity index (χ2n) is 19.2. The van der Waals surface area contributed by atoms with Crippen LogP contribution in [0.2, 0.25) is 0 Å². The number of aromatic nitrogens is 5. The molecular weight excluding hydrogens is 899 g/mol. The Hall–Kier alpha value is -9.97. The molecule has 0 fully saturated rings. The molecule has 5 heteroatoms. The second kappa shape index (κ2) is 16.8. The highest BCUT2D eigenvalue weighted by Crippen LogP contribution is 2.40. The minimum Gasteiger partial charge on any atom is -0.309 e. The summed E-state index contributed by atoms with van der Waals surface area (Å²) < 4.78 is 4.72.